The maximum absolute atomic E-state index is 4.55. The Morgan fingerprint density at radius 3 is 2.52 bits per heavy atom. The summed E-state index contributed by atoms with van der Waals surface area (Å²) in [6.07, 6.45) is 7.25. The number of fused-ring (bicyclic) bond motifs is 1. The summed E-state index contributed by atoms with van der Waals surface area (Å²) in [5.74, 6) is 0.781. The van der Waals surface area contributed by atoms with Crippen LogP contribution in [0.3, 0.4) is 0 Å². The van der Waals surface area contributed by atoms with Gasteiger partial charge in [-0.15, -0.1) is 21.5 Å². The van der Waals surface area contributed by atoms with Crippen LogP contribution in [-0.2, 0) is 0 Å². The van der Waals surface area contributed by atoms with Gasteiger partial charge < -0.3 is 0 Å². The van der Waals surface area contributed by atoms with Gasteiger partial charge in [0.25, 0.3) is 0 Å². The molecular formula is C21H15N5S. The molecule has 4 heterocycles. The molecular weight excluding hydrogens is 354 g/mol. The van der Waals surface area contributed by atoms with Crippen molar-refractivity contribution in [2.24, 2.45) is 0 Å². The Bertz CT molecular complexity index is 1220. The summed E-state index contributed by atoms with van der Waals surface area (Å²) in [4.78, 5) is 10.8. The third-order valence-electron chi connectivity index (χ3n) is 4.42. The summed E-state index contributed by atoms with van der Waals surface area (Å²) in [5, 5.41) is 11.1. The van der Waals surface area contributed by atoms with Crippen LogP contribution in [0.1, 0.15) is 5.56 Å². The van der Waals surface area contributed by atoms with E-state index < -0.39 is 0 Å². The fourth-order valence-electron chi connectivity index (χ4n) is 3.06. The van der Waals surface area contributed by atoms with Crippen molar-refractivity contribution in [3.8, 4) is 27.0 Å². The van der Waals surface area contributed by atoms with Crippen LogP contribution in [0.4, 0.5) is 0 Å². The SMILES string of the molecule is Cc1ccc(-c2ccc(-c3nnc(-n4ccnc4)c4ccccc34)s2)nc1. The maximum Gasteiger partial charge on any atom is 0.168 e. The second kappa shape index (κ2) is 6.41. The first-order valence-corrected chi connectivity index (χ1v) is 9.38. The highest BCUT2D eigenvalue weighted by Gasteiger charge is 2.14. The third kappa shape index (κ3) is 2.80. The van der Waals surface area contributed by atoms with E-state index in [-0.39, 0.29) is 0 Å². The van der Waals surface area contributed by atoms with Crippen molar-refractivity contribution in [1.29, 1.82) is 0 Å². The molecule has 0 fully saturated rings. The predicted octanol–water partition coefficient (Wildman–Crippen LogP) is 4.91. The van der Waals surface area contributed by atoms with Gasteiger partial charge in [-0.1, -0.05) is 30.3 Å². The van der Waals surface area contributed by atoms with Crippen LogP contribution in [0.5, 0.6) is 0 Å². The lowest BCUT2D eigenvalue weighted by atomic mass is 10.1. The van der Waals surface area contributed by atoms with Crippen LogP contribution >= 0.6 is 11.3 Å². The van der Waals surface area contributed by atoms with Crippen molar-refractivity contribution in [2.75, 3.05) is 0 Å². The summed E-state index contributed by atoms with van der Waals surface area (Å²) >= 11 is 1.68. The monoisotopic (exact) mass is 369 g/mol. The fourth-order valence-corrected chi connectivity index (χ4v) is 4.05. The van der Waals surface area contributed by atoms with Crippen molar-refractivity contribution >= 4 is 22.1 Å². The summed E-state index contributed by atoms with van der Waals surface area (Å²) < 4.78 is 1.88. The van der Waals surface area contributed by atoms with Crippen LogP contribution in [0.25, 0.3) is 37.7 Å². The van der Waals surface area contributed by atoms with Crippen LogP contribution < -0.4 is 0 Å². The molecule has 130 valence electrons. The van der Waals surface area contributed by atoms with E-state index in [0.29, 0.717) is 0 Å². The summed E-state index contributed by atoms with van der Waals surface area (Å²) in [7, 11) is 0. The van der Waals surface area contributed by atoms with E-state index in [1.165, 1.54) is 0 Å². The molecule has 0 saturated carbocycles. The molecule has 5 aromatic rings. The zero-order chi connectivity index (χ0) is 18.2. The number of nitrogens with zero attached hydrogens (tertiary/aromatic N) is 5. The van der Waals surface area contributed by atoms with Crippen molar-refractivity contribution in [1.82, 2.24) is 24.7 Å². The van der Waals surface area contributed by atoms with Crippen LogP contribution in [-0.4, -0.2) is 24.7 Å². The Morgan fingerprint density at radius 2 is 1.74 bits per heavy atom. The zero-order valence-corrected chi connectivity index (χ0v) is 15.4. The molecule has 0 atom stereocenters. The highest BCUT2D eigenvalue weighted by atomic mass is 32.1. The molecule has 5 nitrogen and oxygen atoms in total. The molecule has 4 aromatic heterocycles. The summed E-state index contributed by atoms with van der Waals surface area (Å²) in [5.41, 5.74) is 3.02. The van der Waals surface area contributed by atoms with Crippen LogP contribution in [0.2, 0.25) is 0 Å². The van der Waals surface area contributed by atoms with E-state index in [1.807, 2.05) is 36.0 Å². The number of benzene rings is 1. The molecule has 0 amide bonds. The molecule has 0 bridgehead atoms. The molecule has 5 rings (SSSR count). The van der Waals surface area contributed by atoms with Gasteiger partial charge in [0.2, 0.25) is 0 Å². The Kier molecular flexibility index (Phi) is 3.76. The Labute approximate surface area is 160 Å². The molecule has 6 heteroatoms. The number of hydrogen-bond donors (Lipinski definition) is 0. The molecule has 0 N–H and O–H groups in total. The molecule has 0 aliphatic rings. The van der Waals surface area contributed by atoms with Crippen LogP contribution in [0, 0.1) is 6.92 Å². The van der Waals surface area contributed by atoms with E-state index in [0.717, 1.165) is 43.3 Å². The first-order chi connectivity index (χ1) is 13.3. The Morgan fingerprint density at radius 1 is 0.889 bits per heavy atom. The average molecular weight is 369 g/mol. The topological polar surface area (TPSA) is 56.5 Å². The molecule has 27 heavy (non-hydrogen) atoms. The van der Waals surface area contributed by atoms with E-state index in [4.69, 9.17) is 0 Å². The molecule has 0 unspecified atom stereocenters. The first-order valence-electron chi connectivity index (χ1n) is 8.56. The van der Waals surface area contributed by atoms with E-state index in [2.05, 4.69) is 56.6 Å². The van der Waals surface area contributed by atoms with E-state index >= 15 is 0 Å². The lowest BCUT2D eigenvalue weighted by Gasteiger charge is -2.08. The average Bonchev–Trinajstić information content (AvgIpc) is 3.40. The van der Waals surface area contributed by atoms with Crippen molar-refractivity contribution in [2.45, 2.75) is 6.92 Å². The number of pyridine rings is 1. The maximum atomic E-state index is 4.55. The van der Waals surface area contributed by atoms with Crippen molar-refractivity contribution in [3.05, 3.63) is 79.0 Å². The minimum Gasteiger partial charge on any atom is -0.289 e. The number of rotatable bonds is 3. The van der Waals surface area contributed by atoms with Crippen molar-refractivity contribution in [3.63, 3.8) is 0 Å². The summed E-state index contributed by atoms with van der Waals surface area (Å²) in [6, 6.07) is 16.5. The number of hydrogen-bond acceptors (Lipinski definition) is 5. The molecule has 0 saturated heterocycles. The third-order valence-corrected chi connectivity index (χ3v) is 5.53. The quantitative estimate of drug-likeness (QED) is 0.453. The zero-order valence-electron chi connectivity index (χ0n) is 14.6. The molecule has 1 aromatic carbocycles. The van der Waals surface area contributed by atoms with E-state index in [1.54, 1.807) is 23.9 Å². The van der Waals surface area contributed by atoms with Gasteiger partial charge in [0.1, 0.15) is 12.0 Å². The van der Waals surface area contributed by atoms with Gasteiger partial charge in [0.15, 0.2) is 5.82 Å². The fraction of sp³-hybridized carbons (Fsp3) is 0.0476. The first kappa shape index (κ1) is 15.8. The molecule has 0 radical (unpaired) electrons. The highest BCUT2D eigenvalue weighted by molar-refractivity contribution is 7.18. The largest absolute Gasteiger partial charge is 0.289 e. The number of aryl methyl sites for hydroxylation is 1. The van der Waals surface area contributed by atoms with Gasteiger partial charge in [-0.3, -0.25) is 9.55 Å². The Balaban J connectivity index is 1.64. The molecule has 0 spiro atoms. The van der Waals surface area contributed by atoms with Gasteiger partial charge in [-0.05, 0) is 30.7 Å². The second-order valence-electron chi connectivity index (χ2n) is 6.27. The van der Waals surface area contributed by atoms with Gasteiger partial charge in [-0.25, -0.2) is 4.98 Å². The standard InChI is InChI=1S/C21H15N5S/c1-14-6-7-17(23-12-14)18-8-9-19(27-18)20-15-4-2-3-5-16(15)21(25-24-20)26-11-10-22-13-26/h2-13H,1H3. The molecule has 0 aliphatic carbocycles. The Hall–Kier alpha value is -3.38. The lowest BCUT2D eigenvalue weighted by molar-refractivity contribution is 0.933. The molecule has 0 aliphatic heterocycles. The van der Waals surface area contributed by atoms with E-state index in [9.17, 15) is 0 Å². The number of imidazole rings is 1. The highest BCUT2D eigenvalue weighted by Crippen LogP contribution is 2.36. The second-order valence-corrected chi connectivity index (χ2v) is 7.36. The number of thiophene rings is 1. The minimum absolute atomic E-state index is 0.781. The summed E-state index contributed by atoms with van der Waals surface area (Å²) in [6.45, 7) is 2.04. The van der Waals surface area contributed by atoms with Gasteiger partial charge in [0, 0.05) is 29.4 Å². The predicted molar refractivity (Wildman–Crippen MR) is 108 cm³/mol. The minimum atomic E-state index is 0.781. The smallest absolute Gasteiger partial charge is 0.168 e. The van der Waals surface area contributed by atoms with Crippen molar-refractivity contribution < 1.29 is 0 Å². The van der Waals surface area contributed by atoms with Gasteiger partial charge in [0.05, 0.1) is 15.4 Å². The van der Waals surface area contributed by atoms with Gasteiger partial charge >= 0.3 is 0 Å². The number of aromatic nitrogens is 5. The van der Waals surface area contributed by atoms with Gasteiger partial charge in [-0.2, -0.15) is 0 Å². The normalized spacial score (nSPS) is 11.1. The lowest BCUT2D eigenvalue weighted by Crippen LogP contribution is -1.99. The van der Waals surface area contributed by atoms with Crippen LogP contribution in [0.15, 0.2) is 73.4 Å².